The normalized spacial score (nSPS) is 10.6. The third-order valence-corrected chi connectivity index (χ3v) is 3.02. The number of benzene rings is 1. The van der Waals surface area contributed by atoms with Crippen LogP contribution in [0.1, 0.15) is 25.3 Å². The van der Waals surface area contributed by atoms with Gasteiger partial charge >= 0.3 is 0 Å². The number of aromatic amines is 1. The summed E-state index contributed by atoms with van der Waals surface area (Å²) in [4.78, 5) is 22.3. The van der Waals surface area contributed by atoms with Gasteiger partial charge in [0.25, 0.3) is 10.8 Å². The highest BCUT2D eigenvalue weighted by Gasteiger charge is 2.11. The molecule has 0 fully saturated rings. The third kappa shape index (κ3) is 3.27. The van der Waals surface area contributed by atoms with Gasteiger partial charge < -0.3 is 5.32 Å². The van der Waals surface area contributed by atoms with E-state index < -0.39 is 5.24 Å². The predicted octanol–water partition coefficient (Wildman–Crippen LogP) is 3.02. The predicted molar refractivity (Wildman–Crippen MR) is 82.4 cm³/mol. The van der Waals surface area contributed by atoms with E-state index in [1.54, 1.807) is 6.07 Å². The summed E-state index contributed by atoms with van der Waals surface area (Å²) in [6.45, 7) is 4.14. The fourth-order valence-electron chi connectivity index (χ4n) is 1.86. The number of thiol groups is 1. The zero-order valence-corrected chi connectivity index (χ0v) is 12.1. The van der Waals surface area contributed by atoms with Crippen molar-refractivity contribution in [2.24, 2.45) is 0 Å². The molecule has 0 atom stereocenters. The molecule has 0 aliphatic carbocycles. The van der Waals surface area contributed by atoms with E-state index in [1.165, 1.54) is 6.07 Å². The first-order chi connectivity index (χ1) is 9.47. The third-order valence-electron chi connectivity index (χ3n) is 2.91. The molecule has 1 aromatic heterocycles. The van der Waals surface area contributed by atoms with E-state index in [2.05, 4.69) is 42.0 Å². The van der Waals surface area contributed by atoms with Crippen LogP contribution in [0.2, 0.25) is 0 Å². The van der Waals surface area contributed by atoms with Gasteiger partial charge in [0.05, 0.1) is 11.4 Å². The van der Waals surface area contributed by atoms with Crippen molar-refractivity contribution in [1.29, 1.82) is 0 Å². The lowest BCUT2D eigenvalue weighted by Crippen LogP contribution is -2.08. The van der Waals surface area contributed by atoms with Crippen LogP contribution in [0.4, 0.5) is 10.5 Å². The molecule has 0 aliphatic heterocycles. The Morgan fingerprint density at radius 3 is 2.60 bits per heavy atom. The Hall–Kier alpha value is -2.08. The lowest BCUT2D eigenvalue weighted by atomic mass is 9.99. The molecule has 0 saturated heterocycles. The van der Waals surface area contributed by atoms with E-state index in [-0.39, 0.29) is 5.56 Å². The Labute approximate surface area is 121 Å². The van der Waals surface area contributed by atoms with Crippen molar-refractivity contribution in [3.05, 3.63) is 46.2 Å². The minimum absolute atomic E-state index is 0.271. The topological polar surface area (TPSA) is 74.8 Å². The Kier molecular flexibility index (Phi) is 4.24. The molecule has 0 bridgehead atoms. The van der Waals surface area contributed by atoms with Crippen LogP contribution in [0.15, 0.2) is 35.1 Å². The van der Waals surface area contributed by atoms with Gasteiger partial charge in [-0.05, 0) is 23.6 Å². The van der Waals surface area contributed by atoms with E-state index in [0.29, 0.717) is 17.3 Å². The molecule has 1 aromatic carbocycles. The SMILES string of the molecule is CC(C)c1ccc(-c2ccc(=O)[nH]n2)c(NC(=O)S)c1. The standard InChI is InChI=1S/C14H15N3O2S/c1-8(2)9-3-4-10(12(7-9)15-14(19)20)11-5-6-13(18)17-16-11/h3-8H,1-2H3,(H,17,18)(H2,15,19,20). The van der Waals surface area contributed by atoms with Crippen molar-refractivity contribution in [3.63, 3.8) is 0 Å². The molecule has 5 nitrogen and oxygen atoms in total. The van der Waals surface area contributed by atoms with Crippen LogP contribution in [0.5, 0.6) is 0 Å². The largest absolute Gasteiger partial charge is 0.316 e. The van der Waals surface area contributed by atoms with Crippen molar-refractivity contribution < 1.29 is 4.79 Å². The Morgan fingerprint density at radius 1 is 1.30 bits per heavy atom. The zero-order chi connectivity index (χ0) is 14.7. The Balaban J connectivity index is 2.53. The summed E-state index contributed by atoms with van der Waals surface area (Å²) in [7, 11) is 0. The second-order valence-electron chi connectivity index (χ2n) is 4.70. The zero-order valence-electron chi connectivity index (χ0n) is 11.2. The minimum atomic E-state index is -0.448. The van der Waals surface area contributed by atoms with Crippen molar-refractivity contribution in [2.75, 3.05) is 5.32 Å². The number of carbonyl (C=O) groups is 1. The second-order valence-corrected chi connectivity index (χ2v) is 5.10. The van der Waals surface area contributed by atoms with Crippen molar-refractivity contribution in [2.45, 2.75) is 19.8 Å². The number of H-pyrrole nitrogens is 1. The first-order valence-electron chi connectivity index (χ1n) is 6.17. The van der Waals surface area contributed by atoms with Gasteiger partial charge in [-0.15, -0.1) is 0 Å². The number of aromatic nitrogens is 2. The number of hydrogen-bond donors (Lipinski definition) is 3. The number of nitrogens with one attached hydrogen (secondary N) is 2. The lowest BCUT2D eigenvalue weighted by Gasteiger charge is -2.13. The van der Waals surface area contributed by atoms with Crippen LogP contribution in [-0.2, 0) is 0 Å². The van der Waals surface area contributed by atoms with Gasteiger partial charge in [0.2, 0.25) is 0 Å². The molecular weight excluding hydrogens is 274 g/mol. The average Bonchev–Trinajstić information content (AvgIpc) is 2.39. The van der Waals surface area contributed by atoms with E-state index in [9.17, 15) is 9.59 Å². The number of carbonyl (C=O) groups excluding carboxylic acids is 1. The van der Waals surface area contributed by atoms with Crippen molar-refractivity contribution >= 4 is 23.6 Å². The summed E-state index contributed by atoms with van der Waals surface area (Å²) < 4.78 is 0. The van der Waals surface area contributed by atoms with Gasteiger partial charge in [-0.1, -0.05) is 38.6 Å². The smallest absolute Gasteiger partial charge is 0.280 e. The maximum absolute atomic E-state index is 11.2. The number of rotatable bonds is 3. The summed E-state index contributed by atoms with van der Waals surface area (Å²) in [6.07, 6.45) is 0. The van der Waals surface area contributed by atoms with Gasteiger partial charge in [-0.3, -0.25) is 9.59 Å². The molecule has 2 N–H and O–H groups in total. The molecule has 0 spiro atoms. The van der Waals surface area contributed by atoms with E-state index >= 15 is 0 Å². The maximum Gasteiger partial charge on any atom is 0.280 e. The molecule has 20 heavy (non-hydrogen) atoms. The highest BCUT2D eigenvalue weighted by molar-refractivity contribution is 7.96. The van der Waals surface area contributed by atoms with Crippen LogP contribution >= 0.6 is 12.6 Å². The molecule has 1 heterocycles. The summed E-state index contributed by atoms with van der Waals surface area (Å²) >= 11 is 3.74. The Bertz CT molecular complexity index is 675. The highest BCUT2D eigenvalue weighted by atomic mass is 32.1. The molecule has 2 rings (SSSR count). The molecule has 104 valence electrons. The molecule has 0 saturated carbocycles. The van der Waals surface area contributed by atoms with E-state index in [1.807, 2.05) is 18.2 Å². The molecule has 0 unspecified atom stereocenters. The van der Waals surface area contributed by atoms with E-state index in [0.717, 1.165) is 11.1 Å². The summed E-state index contributed by atoms with van der Waals surface area (Å²) in [5, 5.41) is 8.58. The van der Waals surface area contributed by atoms with Gasteiger partial charge in [0, 0.05) is 11.6 Å². The lowest BCUT2D eigenvalue weighted by molar-refractivity contribution is 0.270. The van der Waals surface area contributed by atoms with Gasteiger partial charge in [0.1, 0.15) is 0 Å². The first kappa shape index (κ1) is 14.3. The van der Waals surface area contributed by atoms with Crippen LogP contribution < -0.4 is 10.9 Å². The quantitative estimate of drug-likeness (QED) is 0.760. The molecule has 0 aliphatic rings. The Morgan fingerprint density at radius 2 is 2.05 bits per heavy atom. The van der Waals surface area contributed by atoms with Crippen molar-refractivity contribution in [3.8, 4) is 11.3 Å². The number of anilines is 1. The highest BCUT2D eigenvalue weighted by Crippen LogP contribution is 2.29. The monoisotopic (exact) mass is 289 g/mol. The molecule has 0 radical (unpaired) electrons. The average molecular weight is 289 g/mol. The van der Waals surface area contributed by atoms with Crippen LogP contribution in [-0.4, -0.2) is 15.4 Å². The number of hydrogen-bond acceptors (Lipinski definition) is 3. The first-order valence-corrected chi connectivity index (χ1v) is 6.62. The number of amides is 1. The maximum atomic E-state index is 11.2. The van der Waals surface area contributed by atoms with Gasteiger partial charge in [-0.2, -0.15) is 5.10 Å². The van der Waals surface area contributed by atoms with Gasteiger partial charge in [-0.25, -0.2) is 5.10 Å². The molecular formula is C14H15N3O2S. The second kappa shape index (κ2) is 5.92. The van der Waals surface area contributed by atoms with Crippen LogP contribution in [0.3, 0.4) is 0 Å². The fourth-order valence-corrected chi connectivity index (χ4v) is 1.98. The molecule has 2 aromatic rings. The van der Waals surface area contributed by atoms with Crippen LogP contribution in [0, 0.1) is 0 Å². The van der Waals surface area contributed by atoms with E-state index in [4.69, 9.17) is 0 Å². The van der Waals surface area contributed by atoms with Gasteiger partial charge in [0.15, 0.2) is 0 Å². The minimum Gasteiger partial charge on any atom is -0.316 e. The molecule has 1 amide bonds. The van der Waals surface area contributed by atoms with Crippen molar-refractivity contribution in [1.82, 2.24) is 10.2 Å². The summed E-state index contributed by atoms with van der Waals surface area (Å²) in [5.41, 5.74) is 2.75. The molecule has 6 heteroatoms. The number of nitrogens with zero attached hydrogens (tertiary/aromatic N) is 1. The summed E-state index contributed by atoms with van der Waals surface area (Å²) in [5.74, 6) is 0.336. The fraction of sp³-hybridized carbons (Fsp3) is 0.214. The van der Waals surface area contributed by atoms with Crippen LogP contribution in [0.25, 0.3) is 11.3 Å². The summed E-state index contributed by atoms with van der Waals surface area (Å²) in [6, 6.07) is 8.74.